The highest BCUT2D eigenvalue weighted by atomic mass is 19.1. The first-order valence-corrected chi connectivity index (χ1v) is 11.5. The van der Waals surface area contributed by atoms with Gasteiger partial charge in [0.2, 0.25) is 0 Å². The summed E-state index contributed by atoms with van der Waals surface area (Å²) < 4.78 is 23.9. The van der Waals surface area contributed by atoms with Crippen molar-refractivity contribution in [3.63, 3.8) is 0 Å². The molecule has 0 saturated heterocycles. The molecule has 3 rings (SSSR count). The monoisotopic (exact) mass is 424 g/mol. The molecule has 2 aromatic carbocycles. The lowest BCUT2D eigenvalue weighted by Crippen LogP contribution is -2.13. The topological polar surface area (TPSA) is 35.5 Å². The summed E-state index contributed by atoms with van der Waals surface area (Å²) in [7, 11) is 0. The Hall–Kier alpha value is -2.62. The molecule has 1 saturated carbocycles. The van der Waals surface area contributed by atoms with E-state index in [1.54, 1.807) is 24.3 Å². The SMILES string of the molecule is CCCCCC1CCC(/C=C/COc2ccc(C(=O)Oc3ccc(F)cc3)cc2)CC1. The summed E-state index contributed by atoms with van der Waals surface area (Å²) in [5.74, 6) is 1.78. The fourth-order valence-electron chi connectivity index (χ4n) is 4.10. The molecule has 0 amide bonds. The number of rotatable bonds is 10. The second-order valence-corrected chi connectivity index (χ2v) is 8.38. The number of benzene rings is 2. The van der Waals surface area contributed by atoms with Gasteiger partial charge >= 0.3 is 5.97 Å². The number of hydrogen-bond donors (Lipinski definition) is 0. The van der Waals surface area contributed by atoms with Crippen molar-refractivity contribution in [2.45, 2.75) is 58.3 Å². The number of unbranched alkanes of at least 4 members (excludes halogenated alkanes) is 2. The average Bonchev–Trinajstić information content (AvgIpc) is 2.80. The maximum Gasteiger partial charge on any atom is 0.343 e. The highest BCUT2D eigenvalue weighted by molar-refractivity contribution is 5.91. The average molecular weight is 425 g/mol. The first kappa shape index (κ1) is 23.1. The lowest BCUT2D eigenvalue weighted by atomic mass is 9.79. The lowest BCUT2D eigenvalue weighted by Gasteiger charge is -2.26. The van der Waals surface area contributed by atoms with Crippen molar-refractivity contribution in [1.29, 1.82) is 0 Å². The largest absolute Gasteiger partial charge is 0.490 e. The van der Waals surface area contributed by atoms with Gasteiger partial charge in [0, 0.05) is 0 Å². The molecule has 4 heteroatoms. The van der Waals surface area contributed by atoms with Gasteiger partial charge in [-0.05, 0) is 86.1 Å². The van der Waals surface area contributed by atoms with Crippen molar-refractivity contribution >= 4 is 5.97 Å². The molecule has 0 spiro atoms. The molecule has 0 unspecified atom stereocenters. The van der Waals surface area contributed by atoms with Crippen molar-refractivity contribution in [2.24, 2.45) is 11.8 Å². The van der Waals surface area contributed by atoms with Gasteiger partial charge in [0.05, 0.1) is 5.56 Å². The Morgan fingerprint density at radius 2 is 1.65 bits per heavy atom. The zero-order valence-corrected chi connectivity index (χ0v) is 18.4. The minimum absolute atomic E-state index is 0.312. The Kier molecular flexibility index (Phi) is 9.14. The molecule has 3 nitrogen and oxygen atoms in total. The summed E-state index contributed by atoms with van der Waals surface area (Å²) in [4.78, 5) is 12.2. The van der Waals surface area contributed by atoms with Gasteiger partial charge in [0.1, 0.15) is 23.9 Å². The van der Waals surface area contributed by atoms with Crippen LogP contribution in [0.25, 0.3) is 0 Å². The second-order valence-electron chi connectivity index (χ2n) is 8.38. The maximum atomic E-state index is 12.9. The fourth-order valence-corrected chi connectivity index (χ4v) is 4.10. The molecule has 2 aromatic rings. The van der Waals surface area contributed by atoms with E-state index in [0.717, 1.165) is 5.92 Å². The third-order valence-electron chi connectivity index (χ3n) is 5.98. The van der Waals surface area contributed by atoms with Gasteiger partial charge in [-0.1, -0.05) is 44.8 Å². The van der Waals surface area contributed by atoms with Gasteiger partial charge < -0.3 is 9.47 Å². The van der Waals surface area contributed by atoms with Crippen LogP contribution in [-0.4, -0.2) is 12.6 Å². The minimum atomic E-state index is -0.483. The van der Waals surface area contributed by atoms with Crippen LogP contribution in [0.4, 0.5) is 4.39 Å². The Labute approximate surface area is 185 Å². The fraction of sp³-hybridized carbons (Fsp3) is 0.444. The van der Waals surface area contributed by atoms with Crippen molar-refractivity contribution in [2.75, 3.05) is 6.61 Å². The number of allylic oxidation sites excluding steroid dienone is 1. The summed E-state index contributed by atoms with van der Waals surface area (Å²) in [6.45, 7) is 2.79. The Morgan fingerprint density at radius 1 is 0.968 bits per heavy atom. The van der Waals surface area contributed by atoms with Gasteiger partial charge in [-0.25, -0.2) is 9.18 Å². The van der Waals surface area contributed by atoms with Crippen LogP contribution in [0.15, 0.2) is 60.7 Å². The van der Waals surface area contributed by atoms with Gasteiger partial charge in [0.15, 0.2) is 0 Å². The van der Waals surface area contributed by atoms with Crippen LogP contribution in [0.3, 0.4) is 0 Å². The maximum absolute atomic E-state index is 12.9. The molecular formula is C27H33FO3. The highest BCUT2D eigenvalue weighted by Gasteiger charge is 2.18. The minimum Gasteiger partial charge on any atom is -0.490 e. The predicted octanol–water partition coefficient (Wildman–Crippen LogP) is 7.37. The van der Waals surface area contributed by atoms with E-state index in [1.807, 2.05) is 0 Å². The number of esters is 1. The smallest absolute Gasteiger partial charge is 0.343 e. The molecule has 0 radical (unpaired) electrons. The lowest BCUT2D eigenvalue weighted by molar-refractivity contribution is 0.0734. The van der Waals surface area contributed by atoms with Gasteiger partial charge in [-0.2, -0.15) is 0 Å². The van der Waals surface area contributed by atoms with Crippen molar-refractivity contribution in [3.05, 3.63) is 72.1 Å². The summed E-state index contributed by atoms with van der Waals surface area (Å²) >= 11 is 0. The van der Waals surface area contributed by atoms with Crippen LogP contribution in [-0.2, 0) is 0 Å². The van der Waals surface area contributed by atoms with E-state index in [9.17, 15) is 9.18 Å². The molecule has 31 heavy (non-hydrogen) atoms. The molecule has 166 valence electrons. The van der Waals surface area contributed by atoms with Crippen LogP contribution in [0.5, 0.6) is 11.5 Å². The van der Waals surface area contributed by atoms with Crippen molar-refractivity contribution < 1.29 is 18.7 Å². The Bertz CT molecular complexity index is 819. The third kappa shape index (κ3) is 7.86. The zero-order chi connectivity index (χ0) is 21.9. The standard InChI is InChI=1S/C27H33FO3/c1-2-3-4-6-21-8-10-22(11-9-21)7-5-20-30-25-16-12-23(13-17-25)27(29)31-26-18-14-24(28)15-19-26/h5,7,12-19,21-22H,2-4,6,8-11,20H2,1H3/b7-5+. The van der Waals surface area contributed by atoms with Gasteiger partial charge in [-0.3, -0.25) is 0 Å². The van der Waals surface area contributed by atoms with E-state index >= 15 is 0 Å². The summed E-state index contributed by atoms with van der Waals surface area (Å²) in [5, 5.41) is 0. The number of hydrogen-bond acceptors (Lipinski definition) is 3. The number of halogens is 1. The van der Waals surface area contributed by atoms with Crippen molar-refractivity contribution in [1.82, 2.24) is 0 Å². The first-order chi connectivity index (χ1) is 15.1. The molecule has 1 aliphatic carbocycles. The summed E-state index contributed by atoms with van der Waals surface area (Å²) in [6.07, 6.45) is 15.2. The van der Waals surface area contributed by atoms with E-state index in [1.165, 1.54) is 75.6 Å². The normalized spacial score (nSPS) is 18.8. The first-order valence-electron chi connectivity index (χ1n) is 11.5. The number of ether oxygens (including phenoxy) is 2. The molecule has 0 aliphatic heterocycles. The third-order valence-corrected chi connectivity index (χ3v) is 5.98. The van der Waals surface area contributed by atoms with Crippen LogP contribution >= 0.6 is 0 Å². The molecule has 0 heterocycles. The zero-order valence-electron chi connectivity index (χ0n) is 18.4. The van der Waals surface area contributed by atoms with Crippen LogP contribution in [0.1, 0.15) is 68.6 Å². The number of carbonyl (C=O) groups is 1. The molecule has 0 N–H and O–H groups in total. The van der Waals surface area contributed by atoms with Crippen LogP contribution < -0.4 is 9.47 Å². The summed E-state index contributed by atoms with van der Waals surface area (Å²) in [6, 6.07) is 12.2. The van der Waals surface area contributed by atoms with Crippen LogP contribution in [0.2, 0.25) is 0 Å². The van der Waals surface area contributed by atoms with Gasteiger partial charge in [-0.15, -0.1) is 0 Å². The predicted molar refractivity (Wildman–Crippen MR) is 122 cm³/mol. The second kappa shape index (κ2) is 12.3. The molecule has 1 fully saturated rings. The molecule has 0 bridgehead atoms. The number of carbonyl (C=O) groups excluding carboxylic acids is 1. The molecule has 0 aromatic heterocycles. The molecular weight excluding hydrogens is 391 g/mol. The highest BCUT2D eigenvalue weighted by Crippen LogP contribution is 2.32. The van der Waals surface area contributed by atoms with E-state index in [0.29, 0.717) is 29.6 Å². The van der Waals surface area contributed by atoms with E-state index in [2.05, 4.69) is 19.1 Å². The Morgan fingerprint density at radius 3 is 2.32 bits per heavy atom. The van der Waals surface area contributed by atoms with E-state index in [-0.39, 0.29) is 5.82 Å². The van der Waals surface area contributed by atoms with E-state index in [4.69, 9.17) is 9.47 Å². The molecule has 1 aliphatic rings. The quantitative estimate of drug-likeness (QED) is 0.173. The van der Waals surface area contributed by atoms with Crippen LogP contribution in [0, 0.1) is 17.7 Å². The van der Waals surface area contributed by atoms with E-state index < -0.39 is 5.97 Å². The van der Waals surface area contributed by atoms with Crippen molar-refractivity contribution in [3.8, 4) is 11.5 Å². The Balaban J connectivity index is 1.36. The van der Waals surface area contributed by atoms with Gasteiger partial charge in [0.25, 0.3) is 0 Å². The summed E-state index contributed by atoms with van der Waals surface area (Å²) in [5.41, 5.74) is 0.419. The molecule has 0 atom stereocenters.